The van der Waals surface area contributed by atoms with Gasteiger partial charge in [-0.05, 0) is 120 Å². The van der Waals surface area contributed by atoms with Gasteiger partial charge in [0.15, 0.2) is 0 Å². The first-order valence-corrected chi connectivity index (χ1v) is 23.4. The summed E-state index contributed by atoms with van der Waals surface area (Å²) in [6.07, 6.45) is -12.3. The van der Waals surface area contributed by atoms with Gasteiger partial charge < -0.3 is 20.6 Å². The first-order chi connectivity index (χ1) is 33.8. The molecule has 3 N–H and O–H groups in total. The van der Waals surface area contributed by atoms with E-state index in [1.807, 2.05) is 41.3 Å². The van der Waals surface area contributed by atoms with E-state index < -0.39 is 59.7 Å². The van der Waals surface area contributed by atoms with Gasteiger partial charge in [0.2, 0.25) is 5.91 Å². The lowest BCUT2D eigenvalue weighted by atomic mass is 9.73. The summed E-state index contributed by atoms with van der Waals surface area (Å²) in [6.45, 7) is 0.566. The molecule has 0 spiro atoms. The van der Waals surface area contributed by atoms with Crippen LogP contribution in [0.4, 0.5) is 39.5 Å². The lowest BCUT2D eigenvalue weighted by Crippen LogP contribution is -2.49. The van der Waals surface area contributed by atoms with E-state index in [1.165, 1.54) is 24.3 Å². The number of unbranched alkanes of at least 4 members (excludes halogenated alkanes) is 1. The van der Waals surface area contributed by atoms with E-state index in [0.29, 0.717) is 84.3 Å². The van der Waals surface area contributed by atoms with Crippen LogP contribution in [0.2, 0.25) is 0 Å². The van der Waals surface area contributed by atoms with Crippen LogP contribution in [0.1, 0.15) is 76.5 Å². The number of aliphatic hydroxyl groups excluding tert-OH is 1. The van der Waals surface area contributed by atoms with Crippen molar-refractivity contribution in [1.29, 1.82) is 0 Å². The van der Waals surface area contributed by atoms with Gasteiger partial charge in [0, 0.05) is 30.3 Å². The van der Waals surface area contributed by atoms with Crippen LogP contribution >= 0.6 is 0 Å². The number of nitrogens with zero attached hydrogens (tertiary/aromatic N) is 2. The molecule has 1 unspecified atom stereocenters. The Morgan fingerprint density at radius 2 is 1.11 bits per heavy atom. The zero-order chi connectivity index (χ0) is 50.6. The number of amides is 2. The molecule has 1 atom stereocenters. The molecule has 0 aromatic heterocycles. The molecule has 71 heavy (non-hydrogen) atoms. The highest BCUT2D eigenvalue weighted by Crippen LogP contribution is 2.52. The molecule has 1 fully saturated rings. The Balaban J connectivity index is 0.972. The van der Waals surface area contributed by atoms with Gasteiger partial charge in [-0.25, -0.2) is 0 Å². The van der Waals surface area contributed by atoms with Crippen LogP contribution in [0.5, 0.6) is 0 Å². The van der Waals surface area contributed by atoms with Gasteiger partial charge in [-0.15, -0.1) is 0 Å². The number of carbonyl (C=O) groups is 2. The van der Waals surface area contributed by atoms with Crippen LogP contribution < -0.4 is 10.6 Å². The first-order valence-electron chi connectivity index (χ1n) is 23.4. The smallest absolute Gasteiger partial charge is 0.374 e. The minimum absolute atomic E-state index is 0.0461. The second kappa shape index (κ2) is 21.1. The minimum Gasteiger partial charge on any atom is -0.374 e. The molecule has 372 valence electrons. The lowest BCUT2D eigenvalue weighted by Gasteiger charge is -2.41. The van der Waals surface area contributed by atoms with Crippen molar-refractivity contribution in [1.82, 2.24) is 20.4 Å². The third kappa shape index (κ3) is 11.3. The van der Waals surface area contributed by atoms with Gasteiger partial charge >= 0.3 is 18.5 Å². The quantitative estimate of drug-likeness (QED) is 0.0511. The number of hydrogen-bond donors (Lipinski definition) is 3. The predicted molar refractivity (Wildman–Crippen MR) is 253 cm³/mol. The van der Waals surface area contributed by atoms with E-state index in [-0.39, 0.29) is 31.1 Å². The summed E-state index contributed by atoms with van der Waals surface area (Å²) in [5, 5.41) is 17.4. The molecule has 0 radical (unpaired) electrons. The number of carbonyl (C=O) groups excluding carboxylic acids is 2. The minimum atomic E-state index is -4.59. The average Bonchev–Trinajstić information content (AvgIpc) is 3.65. The van der Waals surface area contributed by atoms with Crippen LogP contribution in [-0.4, -0.2) is 78.2 Å². The van der Waals surface area contributed by atoms with E-state index >= 15 is 0 Å². The maximum Gasteiger partial charge on any atom is 0.416 e. The molecule has 2 aliphatic rings. The molecular weight excluding hydrogens is 936 g/mol. The summed E-state index contributed by atoms with van der Waals surface area (Å²) >= 11 is 0. The van der Waals surface area contributed by atoms with Crippen molar-refractivity contribution in [3.63, 3.8) is 0 Å². The Kier molecular flexibility index (Phi) is 15.1. The molecule has 1 heterocycles. The summed E-state index contributed by atoms with van der Waals surface area (Å²) in [5.74, 6) is -1.19. The topological polar surface area (TPSA) is 84.9 Å². The molecular formula is C55H51F9N4O3. The highest BCUT2D eigenvalue weighted by molar-refractivity contribution is 6.01. The molecule has 6 aromatic rings. The molecule has 16 heteroatoms. The van der Waals surface area contributed by atoms with E-state index in [2.05, 4.69) is 15.5 Å². The Morgan fingerprint density at radius 1 is 0.620 bits per heavy atom. The van der Waals surface area contributed by atoms with Crippen LogP contribution in [-0.2, 0) is 22.6 Å². The van der Waals surface area contributed by atoms with Crippen molar-refractivity contribution in [3.05, 3.63) is 179 Å². The zero-order valence-corrected chi connectivity index (χ0v) is 38.3. The maximum absolute atomic E-state index is 14.0. The fraction of sp³-hybridized carbons (Fsp3) is 0.309. The normalized spacial score (nSPS) is 15.5. The summed E-state index contributed by atoms with van der Waals surface area (Å²) in [4.78, 5) is 31.9. The van der Waals surface area contributed by atoms with E-state index in [4.69, 9.17) is 0 Å². The number of rotatable bonds is 16. The highest BCUT2D eigenvalue weighted by Gasteiger charge is 2.49. The van der Waals surface area contributed by atoms with E-state index in [9.17, 15) is 54.2 Å². The molecule has 1 saturated heterocycles. The number of hydrogen-bond acceptors (Lipinski definition) is 5. The number of benzene rings is 6. The van der Waals surface area contributed by atoms with Crippen LogP contribution in [0.3, 0.4) is 0 Å². The number of nitrogens with one attached hydrogen (secondary N) is 2. The van der Waals surface area contributed by atoms with Crippen LogP contribution in [0, 0.1) is 0 Å². The Morgan fingerprint density at radius 3 is 1.66 bits per heavy atom. The standard InChI is InChI=1S/C55H51F9N4O3/c56-53(57,58)35-66-51(71)52(47-17-7-5-13-43(47)44-14-6-8-18-48(44)52)29-9-10-31-67-32-27-40(28-33-67)68(50(70)46-16-4-2-12-42(46)37-21-25-39(26-22-37)55(62,63)64)34-30-65-49(69)45-15-3-1-11-41(45)36-19-23-38(24-20-36)54(59,60)61/h1-8,11-26,40,50,70H,9-10,27-35H2,(H,65,69)(H,66,71). The van der Waals surface area contributed by atoms with Crippen molar-refractivity contribution in [2.24, 2.45) is 0 Å². The molecule has 0 bridgehead atoms. The fourth-order valence-electron chi connectivity index (χ4n) is 10.2. The Labute approximate surface area is 405 Å². The number of likely N-dealkylation sites (tertiary alicyclic amines) is 1. The van der Waals surface area contributed by atoms with Gasteiger partial charge in [-0.3, -0.25) is 14.5 Å². The largest absolute Gasteiger partial charge is 0.416 e. The molecule has 8 rings (SSSR count). The van der Waals surface area contributed by atoms with E-state index in [1.54, 1.807) is 60.7 Å². The summed E-state index contributed by atoms with van der Waals surface area (Å²) in [5.41, 5.74) is 2.47. The molecule has 1 aliphatic carbocycles. The summed E-state index contributed by atoms with van der Waals surface area (Å²) in [7, 11) is 0. The van der Waals surface area contributed by atoms with Crippen LogP contribution in [0.15, 0.2) is 146 Å². The van der Waals surface area contributed by atoms with Crippen molar-refractivity contribution >= 4 is 11.8 Å². The summed E-state index contributed by atoms with van der Waals surface area (Å²) < 4.78 is 121. The molecule has 7 nitrogen and oxygen atoms in total. The molecule has 2 amide bonds. The molecule has 1 aliphatic heterocycles. The lowest BCUT2D eigenvalue weighted by molar-refractivity contribution is -0.141. The van der Waals surface area contributed by atoms with Crippen LogP contribution in [0.25, 0.3) is 33.4 Å². The monoisotopic (exact) mass is 986 g/mol. The fourth-order valence-corrected chi connectivity index (χ4v) is 10.2. The number of halogens is 9. The molecule has 6 aromatic carbocycles. The van der Waals surface area contributed by atoms with Gasteiger partial charge in [-0.2, -0.15) is 39.5 Å². The van der Waals surface area contributed by atoms with Gasteiger partial charge in [-0.1, -0.05) is 122 Å². The van der Waals surface area contributed by atoms with Gasteiger partial charge in [0.05, 0.1) is 11.1 Å². The first kappa shape index (κ1) is 50.9. The highest BCUT2D eigenvalue weighted by atomic mass is 19.4. The average molecular weight is 987 g/mol. The summed E-state index contributed by atoms with van der Waals surface area (Å²) in [6, 6.07) is 37.0. The number of fused-ring (bicyclic) bond motifs is 3. The second-order valence-corrected chi connectivity index (χ2v) is 18.0. The Hall–Kier alpha value is -6.49. The number of alkyl halides is 9. The third-order valence-electron chi connectivity index (χ3n) is 13.6. The Bertz CT molecular complexity index is 2760. The van der Waals surface area contributed by atoms with E-state index in [0.717, 1.165) is 35.4 Å². The predicted octanol–water partition coefficient (Wildman–Crippen LogP) is 12.1. The van der Waals surface area contributed by atoms with Crippen molar-refractivity contribution in [3.8, 4) is 33.4 Å². The maximum atomic E-state index is 14.0. The van der Waals surface area contributed by atoms with Gasteiger partial charge in [0.25, 0.3) is 5.91 Å². The second-order valence-electron chi connectivity index (χ2n) is 18.0. The van der Waals surface area contributed by atoms with Crippen molar-refractivity contribution in [2.45, 2.75) is 68.3 Å². The van der Waals surface area contributed by atoms with Gasteiger partial charge in [0.1, 0.15) is 18.2 Å². The number of piperidine rings is 1. The third-order valence-corrected chi connectivity index (χ3v) is 13.6. The SMILES string of the molecule is O=C(NCCN(C1CCN(CCCCC2(C(=O)NCC(F)(F)F)c3ccccc3-c3ccccc32)CC1)C(O)c1ccccc1-c1ccc(C(F)(F)F)cc1)c1ccccc1-c1ccc(C(F)(F)F)cc1. The number of aliphatic hydroxyl groups is 1. The zero-order valence-electron chi connectivity index (χ0n) is 38.3. The van der Waals surface area contributed by atoms with Crippen molar-refractivity contribution in [2.75, 3.05) is 39.3 Å². The molecule has 0 saturated carbocycles. The van der Waals surface area contributed by atoms with Crippen molar-refractivity contribution < 1.29 is 54.2 Å².